The fourth-order valence-electron chi connectivity index (χ4n) is 2.93. The van der Waals surface area contributed by atoms with E-state index in [-0.39, 0.29) is 12.5 Å². The summed E-state index contributed by atoms with van der Waals surface area (Å²) < 4.78 is 11.5. The van der Waals surface area contributed by atoms with Crippen molar-refractivity contribution >= 4 is 5.91 Å². The Labute approximate surface area is 149 Å². The van der Waals surface area contributed by atoms with Crippen molar-refractivity contribution in [1.82, 2.24) is 9.88 Å². The summed E-state index contributed by atoms with van der Waals surface area (Å²) in [7, 11) is 0. The van der Waals surface area contributed by atoms with Crippen LogP contribution in [-0.2, 0) is 24.2 Å². The lowest BCUT2D eigenvalue weighted by atomic mass is 10.1. The average molecular weight is 342 g/mol. The molecule has 1 aromatic heterocycles. The van der Waals surface area contributed by atoms with Gasteiger partial charge in [-0.2, -0.15) is 0 Å². The lowest BCUT2D eigenvalue weighted by molar-refractivity contribution is -0.134. The number of oxazole rings is 1. The van der Waals surface area contributed by atoms with Gasteiger partial charge in [-0.1, -0.05) is 32.0 Å². The zero-order valence-electron chi connectivity index (χ0n) is 15.2. The molecule has 0 unspecified atom stereocenters. The highest BCUT2D eigenvalue weighted by atomic mass is 16.5. The van der Waals surface area contributed by atoms with Gasteiger partial charge in [0.2, 0.25) is 0 Å². The first-order valence-corrected chi connectivity index (χ1v) is 8.96. The summed E-state index contributed by atoms with van der Waals surface area (Å²) in [4.78, 5) is 18.8. The molecule has 134 valence electrons. The Morgan fingerprint density at radius 1 is 1.36 bits per heavy atom. The monoisotopic (exact) mass is 342 g/mol. The van der Waals surface area contributed by atoms with Gasteiger partial charge in [-0.25, -0.2) is 4.98 Å². The Kier molecular flexibility index (Phi) is 5.41. The molecule has 1 aromatic carbocycles. The molecule has 0 radical (unpaired) electrons. The average Bonchev–Trinajstić information content (AvgIpc) is 3.01. The van der Waals surface area contributed by atoms with Gasteiger partial charge >= 0.3 is 0 Å². The van der Waals surface area contributed by atoms with Crippen molar-refractivity contribution in [2.24, 2.45) is 5.92 Å². The summed E-state index contributed by atoms with van der Waals surface area (Å²) in [6.07, 6.45) is 2.64. The predicted molar refractivity (Wildman–Crippen MR) is 95.5 cm³/mol. The molecule has 2 heterocycles. The van der Waals surface area contributed by atoms with Gasteiger partial charge in [-0.3, -0.25) is 4.79 Å². The third-order valence-corrected chi connectivity index (χ3v) is 4.50. The third-order valence-electron chi connectivity index (χ3n) is 4.50. The van der Waals surface area contributed by atoms with Gasteiger partial charge in [0.25, 0.3) is 5.91 Å². The van der Waals surface area contributed by atoms with Crippen molar-refractivity contribution in [2.75, 3.05) is 13.2 Å². The molecule has 0 N–H and O–H groups in total. The van der Waals surface area contributed by atoms with Crippen LogP contribution in [0.4, 0.5) is 0 Å². The summed E-state index contributed by atoms with van der Waals surface area (Å²) in [5, 5.41) is 0. The van der Waals surface area contributed by atoms with E-state index in [0.29, 0.717) is 19.0 Å². The highest BCUT2D eigenvalue weighted by Crippen LogP contribution is 2.22. The highest BCUT2D eigenvalue weighted by molar-refractivity contribution is 5.78. The second kappa shape index (κ2) is 7.72. The molecule has 1 amide bonds. The SMILES string of the molecule is Cc1ccccc1OCC(=O)N1CCc2oc(CCC(C)C)nc2C1. The first-order chi connectivity index (χ1) is 12.0. The number of hydrogen-bond donors (Lipinski definition) is 0. The molecule has 0 atom stereocenters. The van der Waals surface area contributed by atoms with Crippen LogP contribution in [0.3, 0.4) is 0 Å². The highest BCUT2D eigenvalue weighted by Gasteiger charge is 2.25. The van der Waals surface area contributed by atoms with Crippen molar-refractivity contribution in [3.63, 3.8) is 0 Å². The van der Waals surface area contributed by atoms with Gasteiger partial charge < -0.3 is 14.1 Å². The van der Waals surface area contributed by atoms with Crippen LogP contribution in [0.25, 0.3) is 0 Å². The maximum atomic E-state index is 12.5. The largest absolute Gasteiger partial charge is 0.484 e. The quantitative estimate of drug-likeness (QED) is 0.806. The van der Waals surface area contributed by atoms with Crippen LogP contribution < -0.4 is 4.74 Å². The molecule has 2 aromatic rings. The predicted octanol–water partition coefficient (Wildman–Crippen LogP) is 3.54. The van der Waals surface area contributed by atoms with Gasteiger partial charge in [-0.15, -0.1) is 0 Å². The Bertz CT molecular complexity index is 736. The van der Waals surface area contributed by atoms with E-state index < -0.39 is 0 Å². The zero-order chi connectivity index (χ0) is 17.8. The van der Waals surface area contributed by atoms with Gasteiger partial charge in [0, 0.05) is 19.4 Å². The van der Waals surface area contributed by atoms with Crippen molar-refractivity contribution in [3.8, 4) is 5.75 Å². The minimum absolute atomic E-state index is 0.0133. The normalized spacial score (nSPS) is 13.8. The number of fused-ring (bicyclic) bond motifs is 1. The lowest BCUT2D eigenvalue weighted by Crippen LogP contribution is -2.38. The van der Waals surface area contributed by atoms with E-state index >= 15 is 0 Å². The molecule has 25 heavy (non-hydrogen) atoms. The number of para-hydroxylation sites is 1. The number of aryl methyl sites for hydroxylation is 2. The number of nitrogens with zero attached hydrogens (tertiary/aromatic N) is 2. The Hall–Kier alpha value is -2.30. The fourth-order valence-corrected chi connectivity index (χ4v) is 2.93. The van der Waals surface area contributed by atoms with E-state index in [4.69, 9.17) is 9.15 Å². The number of carbonyl (C=O) groups is 1. The number of ether oxygens (including phenoxy) is 1. The van der Waals surface area contributed by atoms with Crippen LogP contribution in [-0.4, -0.2) is 28.9 Å². The number of amides is 1. The lowest BCUT2D eigenvalue weighted by Gasteiger charge is -2.25. The van der Waals surface area contributed by atoms with Crippen LogP contribution in [0.5, 0.6) is 5.75 Å². The molecule has 0 fully saturated rings. The number of aromatic nitrogens is 1. The van der Waals surface area contributed by atoms with E-state index in [0.717, 1.165) is 47.9 Å². The maximum absolute atomic E-state index is 12.5. The summed E-state index contributed by atoms with van der Waals surface area (Å²) in [5.74, 6) is 3.10. The number of rotatable bonds is 6. The molecule has 0 aliphatic carbocycles. The molecule has 5 heteroatoms. The minimum Gasteiger partial charge on any atom is -0.484 e. The Balaban J connectivity index is 1.56. The number of benzene rings is 1. The summed E-state index contributed by atoms with van der Waals surface area (Å²) >= 11 is 0. The van der Waals surface area contributed by atoms with Gasteiger partial charge in [0.1, 0.15) is 17.2 Å². The smallest absolute Gasteiger partial charge is 0.260 e. The molecule has 0 saturated carbocycles. The van der Waals surface area contributed by atoms with Crippen LogP contribution in [0.15, 0.2) is 28.7 Å². The van der Waals surface area contributed by atoms with Crippen molar-refractivity contribution < 1.29 is 13.9 Å². The van der Waals surface area contributed by atoms with Crippen LogP contribution in [0.1, 0.15) is 43.2 Å². The van der Waals surface area contributed by atoms with E-state index in [9.17, 15) is 4.79 Å². The molecule has 0 spiro atoms. The Morgan fingerprint density at radius 3 is 2.92 bits per heavy atom. The third kappa shape index (κ3) is 4.41. The standard InChI is InChI=1S/C20H26N2O3/c1-14(2)8-9-19-21-16-12-22(11-10-18(16)25-19)20(23)13-24-17-7-5-4-6-15(17)3/h4-7,14H,8-13H2,1-3H3. The van der Waals surface area contributed by atoms with Crippen molar-refractivity contribution in [1.29, 1.82) is 0 Å². The molecular weight excluding hydrogens is 316 g/mol. The molecule has 1 aliphatic heterocycles. The summed E-state index contributed by atoms with van der Waals surface area (Å²) in [6.45, 7) is 7.58. The molecular formula is C20H26N2O3. The van der Waals surface area contributed by atoms with Gasteiger partial charge in [-0.05, 0) is 30.9 Å². The second-order valence-electron chi connectivity index (χ2n) is 7.03. The van der Waals surface area contributed by atoms with E-state index in [2.05, 4.69) is 18.8 Å². The molecule has 3 rings (SSSR count). The van der Waals surface area contributed by atoms with E-state index in [1.54, 1.807) is 4.90 Å². The van der Waals surface area contributed by atoms with Gasteiger partial charge in [0.15, 0.2) is 12.5 Å². The summed E-state index contributed by atoms with van der Waals surface area (Å²) in [6, 6.07) is 7.72. The van der Waals surface area contributed by atoms with Crippen molar-refractivity contribution in [3.05, 3.63) is 47.2 Å². The molecule has 1 aliphatic rings. The number of carbonyl (C=O) groups excluding carboxylic acids is 1. The summed E-state index contributed by atoms with van der Waals surface area (Å²) in [5.41, 5.74) is 1.93. The zero-order valence-corrected chi connectivity index (χ0v) is 15.2. The topological polar surface area (TPSA) is 55.6 Å². The maximum Gasteiger partial charge on any atom is 0.260 e. The number of hydrogen-bond acceptors (Lipinski definition) is 4. The van der Waals surface area contributed by atoms with Gasteiger partial charge in [0.05, 0.1) is 6.54 Å². The van der Waals surface area contributed by atoms with Crippen LogP contribution in [0, 0.1) is 12.8 Å². The van der Waals surface area contributed by atoms with E-state index in [1.807, 2.05) is 31.2 Å². The van der Waals surface area contributed by atoms with Crippen molar-refractivity contribution in [2.45, 2.75) is 46.6 Å². The van der Waals surface area contributed by atoms with E-state index in [1.165, 1.54) is 0 Å². The minimum atomic E-state index is -0.0133. The second-order valence-corrected chi connectivity index (χ2v) is 7.03. The molecule has 0 bridgehead atoms. The van der Waals surface area contributed by atoms with Crippen LogP contribution in [0.2, 0.25) is 0 Å². The first kappa shape index (κ1) is 17.5. The Morgan fingerprint density at radius 2 is 2.16 bits per heavy atom. The molecule has 5 nitrogen and oxygen atoms in total. The first-order valence-electron chi connectivity index (χ1n) is 8.96. The van der Waals surface area contributed by atoms with Crippen LogP contribution >= 0.6 is 0 Å². The molecule has 0 saturated heterocycles. The fraction of sp³-hybridized carbons (Fsp3) is 0.500.